The maximum Gasteiger partial charge on any atom is 0.343 e. The highest BCUT2D eigenvalue weighted by molar-refractivity contribution is 5.95. The van der Waals surface area contributed by atoms with Crippen molar-refractivity contribution in [3.63, 3.8) is 0 Å². The Morgan fingerprint density at radius 1 is 1.00 bits per heavy atom. The lowest BCUT2D eigenvalue weighted by molar-refractivity contribution is -0.115. The van der Waals surface area contributed by atoms with Crippen molar-refractivity contribution < 1.29 is 23.8 Å². The molecule has 0 saturated carbocycles. The molecule has 132 valence electrons. The van der Waals surface area contributed by atoms with Gasteiger partial charge in [0.25, 0.3) is 0 Å². The van der Waals surface area contributed by atoms with Crippen LogP contribution in [0.25, 0.3) is 0 Å². The standard InChI is InChI=1S/C19H21NO5/c1-3-18(21)20-16-6-4-5-7-17(16)25-19(22)14-8-10-15(11-9-14)24-13-12-23-2/h4-11H,3,12-13H2,1-2H3,(H,20,21). The second-order valence-corrected chi connectivity index (χ2v) is 5.15. The number of amides is 1. The molecular formula is C19H21NO5. The fourth-order valence-corrected chi connectivity index (χ4v) is 1.99. The molecule has 0 atom stereocenters. The van der Waals surface area contributed by atoms with E-state index in [9.17, 15) is 9.59 Å². The zero-order chi connectivity index (χ0) is 18.1. The van der Waals surface area contributed by atoms with Gasteiger partial charge in [-0.05, 0) is 36.4 Å². The van der Waals surface area contributed by atoms with Gasteiger partial charge in [0.1, 0.15) is 12.4 Å². The number of ether oxygens (including phenoxy) is 3. The first-order valence-corrected chi connectivity index (χ1v) is 7.97. The Labute approximate surface area is 146 Å². The van der Waals surface area contributed by atoms with Crippen LogP contribution in [0.5, 0.6) is 11.5 Å². The number of anilines is 1. The van der Waals surface area contributed by atoms with Gasteiger partial charge in [0, 0.05) is 13.5 Å². The minimum atomic E-state index is -0.512. The van der Waals surface area contributed by atoms with Gasteiger partial charge in [0.2, 0.25) is 5.91 Å². The zero-order valence-corrected chi connectivity index (χ0v) is 14.3. The summed E-state index contributed by atoms with van der Waals surface area (Å²) >= 11 is 0. The number of esters is 1. The van der Waals surface area contributed by atoms with Gasteiger partial charge in [-0.2, -0.15) is 0 Å². The average Bonchev–Trinajstić information content (AvgIpc) is 2.64. The molecule has 0 bridgehead atoms. The van der Waals surface area contributed by atoms with E-state index in [0.29, 0.717) is 42.4 Å². The van der Waals surface area contributed by atoms with Gasteiger partial charge in [-0.25, -0.2) is 4.79 Å². The third-order valence-electron chi connectivity index (χ3n) is 3.33. The van der Waals surface area contributed by atoms with Crippen LogP contribution in [0.4, 0.5) is 5.69 Å². The molecule has 2 aromatic carbocycles. The molecule has 0 unspecified atom stereocenters. The first-order chi connectivity index (χ1) is 12.1. The predicted molar refractivity (Wildman–Crippen MR) is 94.1 cm³/mol. The van der Waals surface area contributed by atoms with E-state index >= 15 is 0 Å². The third kappa shape index (κ3) is 5.61. The molecule has 6 heteroatoms. The summed E-state index contributed by atoms with van der Waals surface area (Å²) in [6.45, 7) is 2.68. The fraction of sp³-hybridized carbons (Fsp3) is 0.263. The Morgan fingerprint density at radius 3 is 2.40 bits per heavy atom. The van der Waals surface area contributed by atoms with Gasteiger partial charge in [-0.1, -0.05) is 19.1 Å². The smallest absolute Gasteiger partial charge is 0.343 e. The number of para-hydroxylation sites is 2. The van der Waals surface area contributed by atoms with E-state index in [1.165, 1.54) is 0 Å². The molecule has 0 aliphatic carbocycles. The monoisotopic (exact) mass is 343 g/mol. The van der Waals surface area contributed by atoms with E-state index in [1.54, 1.807) is 62.6 Å². The molecule has 6 nitrogen and oxygen atoms in total. The van der Waals surface area contributed by atoms with E-state index in [2.05, 4.69) is 5.32 Å². The molecule has 2 aromatic rings. The molecule has 1 N–H and O–H groups in total. The van der Waals surface area contributed by atoms with Crippen LogP contribution in [-0.4, -0.2) is 32.2 Å². The summed E-state index contributed by atoms with van der Waals surface area (Å²) in [5, 5.41) is 2.71. The fourth-order valence-electron chi connectivity index (χ4n) is 1.99. The topological polar surface area (TPSA) is 73.9 Å². The summed E-state index contributed by atoms with van der Waals surface area (Å²) < 4.78 is 15.8. The maximum absolute atomic E-state index is 12.3. The quantitative estimate of drug-likeness (QED) is 0.452. The van der Waals surface area contributed by atoms with Crippen molar-refractivity contribution in [2.75, 3.05) is 25.6 Å². The molecule has 25 heavy (non-hydrogen) atoms. The van der Waals surface area contributed by atoms with Crippen molar-refractivity contribution >= 4 is 17.6 Å². The molecule has 1 amide bonds. The van der Waals surface area contributed by atoms with Crippen LogP contribution in [-0.2, 0) is 9.53 Å². The number of nitrogens with one attached hydrogen (secondary N) is 1. The predicted octanol–water partition coefficient (Wildman–Crippen LogP) is 3.28. The van der Waals surface area contributed by atoms with Gasteiger partial charge in [-0.3, -0.25) is 4.79 Å². The van der Waals surface area contributed by atoms with E-state index < -0.39 is 5.97 Å². The summed E-state index contributed by atoms with van der Waals surface area (Å²) in [7, 11) is 1.60. The van der Waals surface area contributed by atoms with Gasteiger partial charge < -0.3 is 19.5 Å². The van der Waals surface area contributed by atoms with E-state index in [1.807, 2.05) is 0 Å². The largest absolute Gasteiger partial charge is 0.491 e. The first-order valence-electron chi connectivity index (χ1n) is 7.97. The number of rotatable bonds is 8. The lowest BCUT2D eigenvalue weighted by atomic mass is 10.2. The zero-order valence-electron chi connectivity index (χ0n) is 14.3. The van der Waals surface area contributed by atoms with E-state index in [-0.39, 0.29) is 5.91 Å². The normalized spacial score (nSPS) is 10.2. The average molecular weight is 343 g/mol. The second-order valence-electron chi connectivity index (χ2n) is 5.15. The molecule has 0 saturated heterocycles. The van der Waals surface area contributed by atoms with Crippen molar-refractivity contribution in [2.45, 2.75) is 13.3 Å². The molecule has 0 aliphatic rings. The van der Waals surface area contributed by atoms with Crippen LogP contribution in [0.1, 0.15) is 23.7 Å². The van der Waals surface area contributed by atoms with Crippen LogP contribution in [0.2, 0.25) is 0 Å². The number of hydrogen-bond donors (Lipinski definition) is 1. The molecule has 0 spiro atoms. The molecule has 0 heterocycles. The summed E-state index contributed by atoms with van der Waals surface area (Å²) in [6.07, 6.45) is 0.340. The first kappa shape index (κ1) is 18.5. The van der Waals surface area contributed by atoms with Crippen molar-refractivity contribution in [2.24, 2.45) is 0 Å². The van der Waals surface area contributed by atoms with Crippen molar-refractivity contribution in [1.29, 1.82) is 0 Å². The maximum atomic E-state index is 12.3. The number of methoxy groups -OCH3 is 1. The number of carbonyl (C=O) groups excluding carboxylic acids is 2. The third-order valence-corrected chi connectivity index (χ3v) is 3.33. The summed E-state index contributed by atoms with van der Waals surface area (Å²) in [5.41, 5.74) is 0.845. The van der Waals surface area contributed by atoms with Crippen LogP contribution < -0.4 is 14.8 Å². The summed E-state index contributed by atoms with van der Waals surface area (Å²) in [6, 6.07) is 13.4. The number of carbonyl (C=O) groups is 2. The summed E-state index contributed by atoms with van der Waals surface area (Å²) in [4.78, 5) is 23.9. The minimum absolute atomic E-state index is 0.152. The van der Waals surface area contributed by atoms with Crippen LogP contribution in [0.15, 0.2) is 48.5 Å². The van der Waals surface area contributed by atoms with E-state index in [0.717, 1.165) is 0 Å². The Balaban J connectivity index is 2.03. The molecular weight excluding hydrogens is 322 g/mol. The van der Waals surface area contributed by atoms with Crippen molar-refractivity contribution in [3.05, 3.63) is 54.1 Å². The number of benzene rings is 2. The van der Waals surface area contributed by atoms with Crippen LogP contribution in [0, 0.1) is 0 Å². The van der Waals surface area contributed by atoms with Crippen LogP contribution in [0.3, 0.4) is 0 Å². The Bertz CT molecular complexity index is 712. The Morgan fingerprint density at radius 2 is 1.72 bits per heavy atom. The minimum Gasteiger partial charge on any atom is -0.491 e. The summed E-state index contributed by atoms with van der Waals surface area (Å²) in [5.74, 6) is 0.279. The highest BCUT2D eigenvalue weighted by atomic mass is 16.5. The SMILES string of the molecule is CCC(=O)Nc1ccccc1OC(=O)c1ccc(OCCOC)cc1. The molecule has 0 aliphatic heterocycles. The van der Waals surface area contributed by atoms with E-state index in [4.69, 9.17) is 14.2 Å². The Hall–Kier alpha value is -2.86. The number of hydrogen-bond acceptors (Lipinski definition) is 5. The lowest BCUT2D eigenvalue weighted by Gasteiger charge is -2.11. The molecule has 0 fully saturated rings. The molecule has 0 aromatic heterocycles. The highest BCUT2D eigenvalue weighted by Crippen LogP contribution is 2.25. The second kappa shape index (κ2) is 9.44. The van der Waals surface area contributed by atoms with Gasteiger partial charge in [0.15, 0.2) is 5.75 Å². The molecule has 0 radical (unpaired) electrons. The van der Waals surface area contributed by atoms with Gasteiger partial charge in [0.05, 0.1) is 17.9 Å². The molecule has 2 rings (SSSR count). The van der Waals surface area contributed by atoms with Crippen molar-refractivity contribution in [1.82, 2.24) is 0 Å². The van der Waals surface area contributed by atoms with Crippen molar-refractivity contribution in [3.8, 4) is 11.5 Å². The highest BCUT2D eigenvalue weighted by Gasteiger charge is 2.12. The Kier molecular flexibility index (Phi) is 6.98. The van der Waals surface area contributed by atoms with Crippen LogP contribution >= 0.6 is 0 Å². The van der Waals surface area contributed by atoms with Gasteiger partial charge >= 0.3 is 5.97 Å². The lowest BCUT2D eigenvalue weighted by Crippen LogP contribution is -2.13. The van der Waals surface area contributed by atoms with Gasteiger partial charge in [-0.15, -0.1) is 0 Å².